The summed E-state index contributed by atoms with van der Waals surface area (Å²) >= 11 is 0. The van der Waals surface area contributed by atoms with E-state index in [0.29, 0.717) is 13.2 Å². The molecule has 0 aliphatic carbocycles. The molecule has 0 aromatic heterocycles. The van der Waals surface area contributed by atoms with E-state index in [2.05, 4.69) is 10.2 Å². The van der Waals surface area contributed by atoms with Gasteiger partial charge in [0.05, 0.1) is 6.54 Å². The van der Waals surface area contributed by atoms with Gasteiger partial charge in [-0.25, -0.2) is 0 Å². The third kappa shape index (κ3) is 5.42. The smallest absolute Gasteiger partial charge is 0.302 e. The van der Waals surface area contributed by atoms with Crippen molar-refractivity contribution in [2.24, 2.45) is 0 Å². The van der Waals surface area contributed by atoms with Gasteiger partial charge >= 0.3 is 5.97 Å². The van der Waals surface area contributed by atoms with E-state index in [1.807, 2.05) is 31.2 Å². The summed E-state index contributed by atoms with van der Waals surface area (Å²) < 4.78 is 4.94. The van der Waals surface area contributed by atoms with Crippen molar-refractivity contribution in [2.75, 3.05) is 29.9 Å². The van der Waals surface area contributed by atoms with Crippen molar-refractivity contribution in [1.82, 2.24) is 0 Å². The van der Waals surface area contributed by atoms with Crippen LogP contribution in [0, 0.1) is 0 Å². The summed E-state index contributed by atoms with van der Waals surface area (Å²) in [5.41, 5.74) is 1.75. The molecule has 1 rings (SSSR count). The molecular formula is C14H20N2O3. The fourth-order valence-electron chi connectivity index (χ4n) is 1.75. The minimum Gasteiger partial charge on any atom is -0.464 e. The molecule has 1 aromatic carbocycles. The van der Waals surface area contributed by atoms with Gasteiger partial charge in [-0.3, -0.25) is 9.59 Å². The average molecular weight is 264 g/mol. The molecule has 1 aromatic rings. The molecule has 0 bridgehead atoms. The first-order valence-electron chi connectivity index (χ1n) is 6.29. The van der Waals surface area contributed by atoms with Crippen LogP contribution in [-0.2, 0) is 14.3 Å². The van der Waals surface area contributed by atoms with E-state index in [0.717, 1.165) is 17.9 Å². The van der Waals surface area contributed by atoms with Crippen LogP contribution in [0.5, 0.6) is 0 Å². The summed E-state index contributed by atoms with van der Waals surface area (Å²) in [5, 5.41) is 2.75. The highest BCUT2D eigenvalue weighted by Gasteiger charge is 2.06. The Balaban J connectivity index is 2.69. The lowest BCUT2D eigenvalue weighted by Gasteiger charge is -2.23. The van der Waals surface area contributed by atoms with E-state index in [4.69, 9.17) is 4.74 Å². The Morgan fingerprint density at radius 3 is 2.63 bits per heavy atom. The fraction of sp³-hybridized carbons (Fsp3) is 0.429. The van der Waals surface area contributed by atoms with E-state index < -0.39 is 0 Å². The molecule has 5 nitrogen and oxygen atoms in total. The van der Waals surface area contributed by atoms with Gasteiger partial charge in [0.1, 0.15) is 6.61 Å². The predicted molar refractivity (Wildman–Crippen MR) is 75.3 cm³/mol. The third-order valence-electron chi connectivity index (χ3n) is 2.58. The second kappa shape index (κ2) is 7.41. The average Bonchev–Trinajstić information content (AvgIpc) is 2.34. The van der Waals surface area contributed by atoms with Gasteiger partial charge in [0.2, 0.25) is 5.91 Å². The maximum atomic E-state index is 11.0. The number of nitrogens with zero attached hydrogens (tertiary/aromatic N) is 1. The van der Waals surface area contributed by atoms with Gasteiger partial charge in [0.15, 0.2) is 0 Å². The van der Waals surface area contributed by atoms with Crippen LogP contribution >= 0.6 is 0 Å². The first kappa shape index (κ1) is 15.0. The van der Waals surface area contributed by atoms with E-state index >= 15 is 0 Å². The zero-order valence-electron chi connectivity index (χ0n) is 11.6. The van der Waals surface area contributed by atoms with Gasteiger partial charge in [-0.2, -0.15) is 0 Å². The van der Waals surface area contributed by atoms with Crippen LogP contribution in [0.1, 0.15) is 20.8 Å². The van der Waals surface area contributed by atoms with Gasteiger partial charge < -0.3 is 15.0 Å². The van der Waals surface area contributed by atoms with E-state index in [1.54, 1.807) is 0 Å². The predicted octanol–water partition coefficient (Wildman–Crippen LogP) is 2.03. The minimum atomic E-state index is -0.275. The number of nitrogens with one attached hydrogen (secondary N) is 1. The van der Waals surface area contributed by atoms with Crippen molar-refractivity contribution in [3.05, 3.63) is 24.3 Å². The lowest BCUT2D eigenvalue weighted by atomic mass is 10.2. The summed E-state index contributed by atoms with van der Waals surface area (Å²) in [6, 6.07) is 7.58. The summed E-state index contributed by atoms with van der Waals surface area (Å²) in [5.74, 6) is -0.372. The SMILES string of the molecule is CCN(CCOC(C)=O)c1cccc(NC(C)=O)c1. The summed E-state index contributed by atoms with van der Waals surface area (Å²) in [6.07, 6.45) is 0. The highest BCUT2D eigenvalue weighted by molar-refractivity contribution is 5.89. The first-order valence-corrected chi connectivity index (χ1v) is 6.29. The lowest BCUT2D eigenvalue weighted by Crippen LogP contribution is -2.27. The second-order valence-corrected chi connectivity index (χ2v) is 4.15. The topological polar surface area (TPSA) is 58.6 Å². The fourth-order valence-corrected chi connectivity index (χ4v) is 1.75. The minimum absolute atomic E-state index is 0.0971. The molecule has 104 valence electrons. The van der Waals surface area contributed by atoms with Gasteiger partial charge in [-0.1, -0.05) is 6.07 Å². The van der Waals surface area contributed by atoms with Crippen molar-refractivity contribution >= 4 is 23.3 Å². The number of amides is 1. The molecule has 0 fully saturated rings. The molecule has 0 aliphatic heterocycles. The number of likely N-dealkylation sites (N-methyl/N-ethyl adjacent to an activating group) is 1. The van der Waals surface area contributed by atoms with Crippen LogP contribution in [0.4, 0.5) is 11.4 Å². The molecule has 19 heavy (non-hydrogen) atoms. The molecule has 0 spiro atoms. The molecule has 0 heterocycles. The third-order valence-corrected chi connectivity index (χ3v) is 2.58. The zero-order valence-corrected chi connectivity index (χ0v) is 11.6. The second-order valence-electron chi connectivity index (χ2n) is 4.15. The molecule has 0 atom stereocenters. The standard InChI is InChI=1S/C14H20N2O3/c1-4-16(8-9-19-12(3)18)14-7-5-6-13(10-14)15-11(2)17/h5-7,10H,4,8-9H2,1-3H3,(H,15,17). The molecule has 1 amide bonds. The first-order chi connectivity index (χ1) is 9.02. The number of benzene rings is 1. The number of ether oxygens (including phenoxy) is 1. The molecule has 0 aliphatic rings. The van der Waals surface area contributed by atoms with Crippen LogP contribution in [0.2, 0.25) is 0 Å². The monoisotopic (exact) mass is 264 g/mol. The van der Waals surface area contributed by atoms with Crippen LogP contribution in [0.25, 0.3) is 0 Å². The Labute approximate surface area is 113 Å². The quantitative estimate of drug-likeness (QED) is 0.799. The van der Waals surface area contributed by atoms with Crippen LogP contribution < -0.4 is 10.2 Å². The van der Waals surface area contributed by atoms with Crippen molar-refractivity contribution < 1.29 is 14.3 Å². The number of hydrogen-bond acceptors (Lipinski definition) is 4. The molecule has 0 saturated heterocycles. The number of hydrogen-bond donors (Lipinski definition) is 1. The van der Waals surface area contributed by atoms with E-state index in [1.165, 1.54) is 13.8 Å². The molecule has 1 N–H and O–H groups in total. The highest BCUT2D eigenvalue weighted by Crippen LogP contribution is 2.19. The number of anilines is 2. The molecule has 5 heteroatoms. The zero-order chi connectivity index (χ0) is 14.3. The van der Waals surface area contributed by atoms with Gasteiger partial charge in [-0.05, 0) is 25.1 Å². The van der Waals surface area contributed by atoms with Gasteiger partial charge in [-0.15, -0.1) is 0 Å². The maximum absolute atomic E-state index is 11.0. The Bertz CT molecular complexity index is 446. The Morgan fingerprint density at radius 2 is 2.05 bits per heavy atom. The van der Waals surface area contributed by atoms with Crippen LogP contribution in [0.15, 0.2) is 24.3 Å². The van der Waals surface area contributed by atoms with Crippen molar-refractivity contribution in [3.63, 3.8) is 0 Å². The highest BCUT2D eigenvalue weighted by atomic mass is 16.5. The summed E-state index contributed by atoms with van der Waals surface area (Å²) in [6.45, 7) is 6.68. The number of carbonyl (C=O) groups excluding carboxylic acids is 2. The Morgan fingerprint density at radius 1 is 1.32 bits per heavy atom. The maximum Gasteiger partial charge on any atom is 0.302 e. The van der Waals surface area contributed by atoms with Crippen molar-refractivity contribution in [1.29, 1.82) is 0 Å². The number of esters is 1. The Hall–Kier alpha value is -2.04. The number of rotatable bonds is 6. The molecular weight excluding hydrogens is 244 g/mol. The lowest BCUT2D eigenvalue weighted by molar-refractivity contribution is -0.140. The van der Waals surface area contributed by atoms with Gasteiger partial charge in [0, 0.05) is 31.8 Å². The normalized spacial score (nSPS) is 9.84. The Kier molecular flexibility index (Phi) is 5.85. The van der Waals surface area contributed by atoms with E-state index in [9.17, 15) is 9.59 Å². The van der Waals surface area contributed by atoms with Crippen molar-refractivity contribution in [3.8, 4) is 0 Å². The van der Waals surface area contributed by atoms with Crippen LogP contribution in [-0.4, -0.2) is 31.6 Å². The van der Waals surface area contributed by atoms with Crippen molar-refractivity contribution in [2.45, 2.75) is 20.8 Å². The van der Waals surface area contributed by atoms with E-state index in [-0.39, 0.29) is 11.9 Å². The van der Waals surface area contributed by atoms with Crippen LogP contribution in [0.3, 0.4) is 0 Å². The molecule has 0 saturated carbocycles. The largest absolute Gasteiger partial charge is 0.464 e. The van der Waals surface area contributed by atoms with Gasteiger partial charge in [0.25, 0.3) is 0 Å². The molecule has 0 radical (unpaired) electrons. The number of carbonyl (C=O) groups is 2. The summed E-state index contributed by atoms with van der Waals surface area (Å²) in [4.78, 5) is 23.8. The summed E-state index contributed by atoms with van der Waals surface area (Å²) in [7, 11) is 0. The molecule has 0 unspecified atom stereocenters.